The Labute approximate surface area is 81.7 Å². The molecule has 0 amide bonds. The zero-order valence-electron chi connectivity index (χ0n) is 9.68. The highest BCUT2D eigenvalue weighted by molar-refractivity contribution is 5.76. The van der Waals surface area contributed by atoms with Crippen LogP contribution in [0.1, 0.15) is 41.5 Å². The maximum atomic E-state index is 11.6. The molecule has 0 N–H and O–H groups in total. The SMILES string of the molecule is CC(C)COC(=O)C(C)(C)C(C)C. The quantitative estimate of drug-likeness (QED) is 0.631. The average Bonchev–Trinajstić information content (AvgIpc) is 1.99. The third-order valence-electron chi connectivity index (χ3n) is 2.52. The summed E-state index contributed by atoms with van der Waals surface area (Å²) in [4.78, 5) is 11.6. The highest BCUT2D eigenvalue weighted by atomic mass is 16.5. The molecule has 0 radical (unpaired) electrons. The van der Waals surface area contributed by atoms with Crippen molar-refractivity contribution >= 4 is 5.97 Å². The molecule has 0 aliphatic rings. The molecule has 0 spiro atoms. The summed E-state index contributed by atoms with van der Waals surface area (Å²) >= 11 is 0. The summed E-state index contributed by atoms with van der Waals surface area (Å²) in [6.07, 6.45) is 0. The average molecular weight is 186 g/mol. The van der Waals surface area contributed by atoms with Crippen molar-refractivity contribution in [2.24, 2.45) is 17.3 Å². The highest BCUT2D eigenvalue weighted by Gasteiger charge is 2.32. The van der Waals surface area contributed by atoms with Crippen LogP contribution in [-0.2, 0) is 9.53 Å². The lowest BCUT2D eigenvalue weighted by molar-refractivity contribution is -0.157. The van der Waals surface area contributed by atoms with E-state index in [-0.39, 0.29) is 11.4 Å². The van der Waals surface area contributed by atoms with Crippen LogP contribution in [-0.4, -0.2) is 12.6 Å². The van der Waals surface area contributed by atoms with Gasteiger partial charge in [-0.15, -0.1) is 0 Å². The fraction of sp³-hybridized carbons (Fsp3) is 0.909. The number of hydrogen-bond acceptors (Lipinski definition) is 2. The first kappa shape index (κ1) is 12.5. The maximum Gasteiger partial charge on any atom is 0.311 e. The fourth-order valence-corrected chi connectivity index (χ4v) is 0.664. The van der Waals surface area contributed by atoms with E-state index in [1.165, 1.54) is 0 Å². The lowest BCUT2D eigenvalue weighted by Gasteiger charge is -2.26. The van der Waals surface area contributed by atoms with Crippen LogP contribution in [0.25, 0.3) is 0 Å². The summed E-state index contributed by atoms with van der Waals surface area (Å²) in [5.74, 6) is 0.635. The van der Waals surface area contributed by atoms with Crippen LogP contribution in [0.2, 0.25) is 0 Å². The van der Waals surface area contributed by atoms with Gasteiger partial charge in [0.1, 0.15) is 0 Å². The molecule has 0 saturated heterocycles. The standard InChI is InChI=1S/C11H22O2/c1-8(2)7-13-10(12)11(5,6)9(3)4/h8-9H,7H2,1-6H3. The Bertz CT molecular complexity index is 169. The lowest BCUT2D eigenvalue weighted by atomic mass is 9.81. The van der Waals surface area contributed by atoms with E-state index >= 15 is 0 Å². The Hall–Kier alpha value is -0.530. The van der Waals surface area contributed by atoms with Gasteiger partial charge in [0, 0.05) is 0 Å². The predicted molar refractivity (Wildman–Crippen MR) is 54.4 cm³/mol. The number of esters is 1. The molecule has 0 aliphatic carbocycles. The normalized spacial score (nSPS) is 12.3. The van der Waals surface area contributed by atoms with Crippen molar-refractivity contribution in [2.45, 2.75) is 41.5 Å². The van der Waals surface area contributed by atoms with E-state index in [9.17, 15) is 4.79 Å². The van der Waals surface area contributed by atoms with Gasteiger partial charge in [0.25, 0.3) is 0 Å². The lowest BCUT2D eigenvalue weighted by Crippen LogP contribution is -2.32. The second-order valence-electron chi connectivity index (χ2n) is 4.87. The van der Waals surface area contributed by atoms with Gasteiger partial charge in [-0.25, -0.2) is 0 Å². The third-order valence-corrected chi connectivity index (χ3v) is 2.52. The number of ether oxygens (including phenoxy) is 1. The first-order valence-corrected chi connectivity index (χ1v) is 4.95. The zero-order valence-corrected chi connectivity index (χ0v) is 9.68. The Morgan fingerprint density at radius 3 is 2.00 bits per heavy atom. The smallest absolute Gasteiger partial charge is 0.311 e. The largest absolute Gasteiger partial charge is 0.465 e. The van der Waals surface area contributed by atoms with Crippen molar-refractivity contribution in [2.75, 3.05) is 6.61 Å². The van der Waals surface area contributed by atoms with Gasteiger partial charge < -0.3 is 4.74 Å². The van der Waals surface area contributed by atoms with Crippen molar-refractivity contribution in [3.63, 3.8) is 0 Å². The molecule has 0 aromatic rings. The molecule has 13 heavy (non-hydrogen) atoms. The van der Waals surface area contributed by atoms with Crippen LogP contribution in [0, 0.1) is 17.3 Å². The van der Waals surface area contributed by atoms with E-state index < -0.39 is 0 Å². The number of hydrogen-bond donors (Lipinski definition) is 0. The van der Waals surface area contributed by atoms with Gasteiger partial charge in [0.15, 0.2) is 0 Å². The minimum absolute atomic E-state index is 0.0869. The fourth-order valence-electron chi connectivity index (χ4n) is 0.664. The molecular weight excluding hydrogens is 164 g/mol. The van der Waals surface area contributed by atoms with Crippen molar-refractivity contribution in [1.82, 2.24) is 0 Å². The molecular formula is C11H22O2. The molecule has 0 saturated carbocycles. The second kappa shape index (κ2) is 4.64. The first-order chi connectivity index (χ1) is 5.78. The summed E-state index contributed by atoms with van der Waals surface area (Å²) in [7, 11) is 0. The van der Waals surface area contributed by atoms with Crippen LogP contribution >= 0.6 is 0 Å². The minimum Gasteiger partial charge on any atom is -0.465 e. The van der Waals surface area contributed by atoms with Gasteiger partial charge in [-0.3, -0.25) is 4.79 Å². The van der Waals surface area contributed by atoms with Crippen LogP contribution in [0.15, 0.2) is 0 Å². The van der Waals surface area contributed by atoms with Crippen LogP contribution in [0.4, 0.5) is 0 Å². The Morgan fingerprint density at radius 1 is 1.23 bits per heavy atom. The monoisotopic (exact) mass is 186 g/mol. The number of rotatable bonds is 4. The van der Waals surface area contributed by atoms with Gasteiger partial charge >= 0.3 is 5.97 Å². The van der Waals surface area contributed by atoms with E-state index in [2.05, 4.69) is 0 Å². The Morgan fingerprint density at radius 2 is 1.69 bits per heavy atom. The number of carbonyl (C=O) groups is 1. The second-order valence-corrected chi connectivity index (χ2v) is 4.87. The van der Waals surface area contributed by atoms with Crippen LogP contribution in [0.3, 0.4) is 0 Å². The molecule has 0 rings (SSSR count). The molecule has 0 heterocycles. The zero-order chi connectivity index (χ0) is 10.6. The summed E-state index contributed by atoms with van der Waals surface area (Å²) in [6.45, 7) is 12.5. The first-order valence-electron chi connectivity index (χ1n) is 4.95. The van der Waals surface area contributed by atoms with Crippen molar-refractivity contribution in [3.05, 3.63) is 0 Å². The molecule has 2 heteroatoms. The molecule has 0 aromatic heterocycles. The van der Waals surface area contributed by atoms with E-state index in [1.54, 1.807) is 0 Å². The van der Waals surface area contributed by atoms with Crippen molar-refractivity contribution in [3.8, 4) is 0 Å². The van der Waals surface area contributed by atoms with E-state index in [1.807, 2.05) is 41.5 Å². The van der Waals surface area contributed by atoms with Gasteiger partial charge in [-0.2, -0.15) is 0 Å². The third kappa shape index (κ3) is 3.79. The molecule has 0 unspecified atom stereocenters. The van der Waals surface area contributed by atoms with Gasteiger partial charge in [0.05, 0.1) is 12.0 Å². The summed E-state index contributed by atoms with van der Waals surface area (Å²) in [5, 5.41) is 0. The van der Waals surface area contributed by atoms with Gasteiger partial charge in [-0.1, -0.05) is 27.7 Å². The summed E-state index contributed by atoms with van der Waals surface area (Å²) in [6, 6.07) is 0. The van der Waals surface area contributed by atoms with Crippen molar-refractivity contribution < 1.29 is 9.53 Å². The molecule has 0 fully saturated rings. The molecule has 0 aromatic carbocycles. The molecule has 0 bridgehead atoms. The van der Waals surface area contributed by atoms with E-state index in [4.69, 9.17) is 4.74 Å². The molecule has 78 valence electrons. The van der Waals surface area contributed by atoms with Crippen molar-refractivity contribution in [1.29, 1.82) is 0 Å². The van der Waals surface area contributed by atoms with Gasteiger partial charge in [-0.05, 0) is 25.7 Å². The molecule has 2 nitrogen and oxygen atoms in total. The Balaban J connectivity index is 4.10. The summed E-state index contributed by atoms with van der Waals surface area (Å²) < 4.78 is 5.19. The Kier molecular flexibility index (Phi) is 4.45. The van der Waals surface area contributed by atoms with E-state index in [0.29, 0.717) is 18.4 Å². The van der Waals surface area contributed by atoms with Crippen LogP contribution in [0.5, 0.6) is 0 Å². The van der Waals surface area contributed by atoms with E-state index in [0.717, 1.165) is 0 Å². The molecule has 0 atom stereocenters. The minimum atomic E-state index is -0.366. The molecule has 0 aliphatic heterocycles. The topological polar surface area (TPSA) is 26.3 Å². The number of carbonyl (C=O) groups excluding carboxylic acids is 1. The highest BCUT2D eigenvalue weighted by Crippen LogP contribution is 2.27. The summed E-state index contributed by atoms with van der Waals surface area (Å²) in [5.41, 5.74) is -0.366. The van der Waals surface area contributed by atoms with Gasteiger partial charge in [0.2, 0.25) is 0 Å². The van der Waals surface area contributed by atoms with Crippen LogP contribution < -0.4 is 0 Å². The predicted octanol–water partition coefficient (Wildman–Crippen LogP) is 2.87. The maximum absolute atomic E-state index is 11.6.